The first kappa shape index (κ1) is 19.4. The summed E-state index contributed by atoms with van der Waals surface area (Å²) in [6.07, 6.45) is 8.79. The van der Waals surface area contributed by atoms with Crippen LogP contribution in [0.15, 0.2) is 18.3 Å². The fourth-order valence-corrected chi connectivity index (χ4v) is 5.06. The molecule has 3 aliphatic rings. The minimum Gasteiger partial charge on any atom is -0.493 e. The number of fused-ring (bicyclic) bond motifs is 2. The van der Waals surface area contributed by atoms with E-state index in [1.807, 2.05) is 6.20 Å². The van der Waals surface area contributed by atoms with E-state index < -0.39 is 11.6 Å². The van der Waals surface area contributed by atoms with E-state index in [1.54, 1.807) is 4.90 Å². The summed E-state index contributed by atoms with van der Waals surface area (Å²) in [6, 6.07) is 3.91. The topological polar surface area (TPSA) is 46.6 Å². The lowest BCUT2D eigenvalue weighted by molar-refractivity contribution is 0.357. The molecule has 0 unspecified atom stereocenters. The van der Waals surface area contributed by atoms with Crippen LogP contribution in [0.1, 0.15) is 49.7 Å². The molecule has 30 heavy (non-hydrogen) atoms. The van der Waals surface area contributed by atoms with Crippen molar-refractivity contribution in [2.75, 3.05) is 31.0 Å². The van der Waals surface area contributed by atoms with Crippen LogP contribution in [0.4, 0.5) is 20.3 Å². The molecule has 160 valence electrons. The van der Waals surface area contributed by atoms with Crippen LogP contribution in [0.5, 0.6) is 11.5 Å². The number of aromatic nitrogens is 1. The normalized spacial score (nSPS) is 19.7. The number of hydrogen-bond donors (Lipinski definition) is 1. The molecule has 2 aliphatic carbocycles. The van der Waals surface area contributed by atoms with Crippen LogP contribution < -0.4 is 19.7 Å². The zero-order chi connectivity index (χ0) is 20.9. The highest BCUT2D eigenvalue weighted by Gasteiger charge is 2.50. The molecule has 0 saturated heterocycles. The third-order valence-electron chi connectivity index (χ3n) is 6.84. The molecule has 1 aromatic carbocycles. The van der Waals surface area contributed by atoms with E-state index in [1.165, 1.54) is 51.5 Å². The summed E-state index contributed by atoms with van der Waals surface area (Å²) in [5.74, 6) is -0.507. The molecular formula is C23H27F2N3O2. The highest BCUT2D eigenvalue weighted by Crippen LogP contribution is 2.54. The summed E-state index contributed by atoms with van der Waals surface area (Å²) < 4.78 is 40.4. The number of nitrogens with zero attached hydrogens (tertiary/aromatic N) is 2. The number of benzene rings is 1. The Kier molecular flexibility index (Phi) is 4.71. The number of hydrogen-bond acceptors (Lipinski definition) is 5. The molecule has 2 saturated carbocycles. The van der Waals surface area contributed by atoms with E-state index in [4.69, 9.17) is 9.47 Å². The van der Waals surface area contributed by atoms with Gasteiger partial charge in [0.15, 0.2) is 23.1 Å². The van der Waals surface area contributed by atoms with E-state index in [-0.39, 0.29) is 22.6 Å². The SMILES string of the molecule is COc1cc(OC)c(F)c(N2Cc3cnc(NC4CCCC4)cc3C3(CC3)C2)c1F. The van der Waals surface area contributed by atoms with Gasteiger partial charge in [-0.25, -0.2) is 13.8 Å². The van der Waals surface area contributed by atoms with Gasteiger partial charge in [-0.15, -0.1) is 0 Å². The van der Waals surface area contributed by atoms with Gasteiger partial charge in [0.2, 0.25) is 0 Å². The van der Waals surface area contributed by atoms with E-state index in [2.05, 4.69) is 16.4 Å². The Morgan fingerprint density at radius 3 is 2.33 bits per heavy atom. The van der Waals surface area contributed by atoms with Crippen molar-refractivity contribution < 1.29 is 18.3 Å². The third-order valence-corrected chi connectivity index (χ3v) is 6.84. The predicted molar refractivity (Wildman–Crippen MR) is 112 cm³/mol. The molecular weight excluding hydrogens is 388 g/mol. The maximum atomic E-state index is 15.1. The van der Waals surface area contributed by atoms with E-state index >= 15 is 8.78 Å². The molecule has 5 nitrogen and oxygen atoms in total. The molecule has 0 radical (unpaired) electrons. The van der Waals surface area contributed by atoms with Gasteiger partial charge in [-0.2, -0.15) is 0 Å². The Hall–Kier alpha value is -2.57. The fourth-order valence-electron chi connectivity index (χ4n) is 5.06. The molecule has 5 rings (SSSR count). The van der Waals surface area contributed by atoms with Gasteiger partial charge in [0.05, 0.1) is 14.2 Å². The number of pyridine rings is 1. The average Bonchev–Trinajstić information content (AvgIpc) is 3.31. The van der Waals surface area contributed by atoms with Gasteiger partial charge >= 0.3 is 0 Å². The predicted octanol–water partition coefficient (Wildman–Crippen LogP) is 4.78. The van der Waals surface area contributed by atoms with Crippen LogP contribution in [0.2, 0.25) is 0 Å². The molecule has 1 spiro atoms. The van der Waals surface area contributed by atoms with Crippen molar-refractivity contribution in [3.05, 3.63) is 41.1 Å². The molecule has 0 amide bonds. The molecule has 1 aliphatic heterocycles. The number of ether oxygens (including phenoxy) is 2. The highest BCUT2D eigenvalue weighted by molar-refractivity contribution is 5.62. The molecule has 0 atom stereocenters. The van der Waals surface area contributed by atoms with Crippen LogP contribution in [0.25, 0.3) is 0 Å². The van der Waals surface area contributed by atoms with Crippen molar-refractivity contribution in [3.8, 4) is 11.5 Å². The Morgan fingerprint density at radius 2 is 1.73 bits per heavy atom. The van der Waals surface area contributed by atoms with Crippen LogP contribution >= 0.6 is 0 Å². The van der Waals surface area contributed by atoms with E-state index in [9.17, 15) is 0 Å². The first-order chi connectivity index (χ1) is 14.5. The van der Waals surface area contributed by atoms with Crippen molar-refractivity contribution in [1.82, 2.24) is 4.98 Å². The number of anilines is 2. The molecule has 1 N–H and O–H groups in total. The minimum absolute atomic E-state index is 0.0202. The number of rotatable bonds is 5. The minimum atomic E-state index is -0.692. The third kappa shape index (κ3) is 3.15. The lowest BCUT2D eigenvalue weighted by Crippen LogP contribution is -2.39. The van der Waals surface area contributed by atoms with Crippen molar-refractivity contribution >= 4 is 11.5 Å². The molecule has 7 heteroatoms. The zero-order valence-corrected chi connectivity index (χ0v) is 17.4. The van der Waals surface area contributed by atoms with E-state index in [0.717, 1.165) is 24.2 Å². The lowest BCUT2D eigenvalue weighted by Gasteiger charge is -2.37. The van der Waals surface area contributed by atoms with Crippen LogP contribution in [-0.4, -0.2) is 31.8 Å². The monoisotopic (exact) mass is 415 g/mol. The quantitative estimate of drug-likeness (QED) is 0.761. The second-order valence-electron chi connectivity index (χ2n) is 8.75. The van der Waals surface area contributed by atoms with Gasteiger partial charge in [-0.1, -0.05) is 12.8 Å². The zero-order valence-electron chi connectivity index (χ0n) is 17.4. The summed E-state index contributed by atoms with van der Waals surface area (Å²) in [5.41, 5.74) is 2.13. The van der Waals surface area contributed by atoms with Crippen molar-refractivity contribution in [2.45, 2.75) is 56.5 Å². The van der Waals surface area contributed by atoms with Crippen LogP contribution in [0.3, 0.4) is 0 Å². The summed E-state index contributed by atoms with van der Waals surface area (Å²) in [7, 11) is 2.74. The molecule has 2 fully saturated rings. The van der Waals surface area contributed by atoms with Crippen LogP contribution in [-0.2, 0) is 12.0 Å². The van der Waals surface area contributed by atoms with Gasteiger partial charge in [-0.05, 0) is 42.9 Å². The first-order valence-corrected chi connectivity index (χ1v) is 10.7. The highest BCUT2D eigenvalue weighted by atomic mass is 19.1. The molecule has 2 aromatic rings. The standard InChI is InChI=1S/C23H27F2N3O2/c1-29-17-10-18(30-2)21(25)22(20(17)24)28-12-14-11-26-19(27-15-5-3-4-6-15)9-16(14)23(13-28)7-8-23/h9-11,15H,3-8,12-13H2,1-2H3,(H,26,27). The fraction of sp³-hybridized carbons (Fsp3) is 0.522. The average molecular weight is 415 g/mol. The second kappa shape index (κ2) is 7.29. The summed E-state index contributed by atoms with van der Waals surface area (Å²) in [6.45, 7) is 0.967. The largest absolute Gasteiger partial charge is 0.493 e. The molecule has 2 heterocycles. The molecule has 0 bridgehead atoms. The number of halogens is 2. The first-order valence-electron chi connectivity index (χ1n) is 10.7. The maximum Gasteiger partial charge on any atom is 0.191 e. The summed E-state index contributed by atoms with van der Waals surface area (Å²) in [5, 5.41) is 3.57. The Labute approximate surface area is 175 Å². The Balaban J connectivity index is 1.50. The Bertz CT molecular complexity index is 943. The van der Waals surface area contributed by atoms with Crippen molar-refractivity contribution in [3.63, 3.8) is 0 Å². The smallest absolute Gasteiger partial charge is 0.191 e. The van der Waals surface area contributed by atoms with E-state index in [0.29, 0.717) is 19.1 Å². The summed E-state index contributed by atoms with van der Waals surface area (Å²) in [4.78, 5) is 6.39. The summed E-state index contributed by atoms with van der Waals surface area (Å²) >= 11 is 0. The Morgan fingerprint density at radius 1 is 1.07 bits per heavy atom. The van der Waals surface area contributed by atoms with Gasteiger partial charge in [0.1, 0.15) is 11.5 Å². The number of methoxy groups -OCH3 is 2. The number of nitrogens with one attached hydrogen (secondary N) is 1. The van der Waals surface area contributed by atoms with Crippen molar-refractivity contribution in [1.29, 1.82) is 0 Å². The van der Waals surface area contributed by atoms with Gasteiger partial charge in [0.25, 0.3) is 0 Å². The lowest BCUT2D eigenvalue weighted by atomic mass is 9.87. The molecule has 1 aromatic heterocycles. The maximum absolute atomic E-state index is 15.1. The van der Waals surface area contributed by atoms with Gasteiger partial charge in [0, 0.05) is 36.8 Å². The van der Waals surface area contributed by atoms with Gasteiger partial charge in [-0.3, -0.25) is 0 Å². The van der Waals surface area contributed by atoms with Gasteiger partial charge < -0.3 is 19.7 Å². The van der Waals surface area contributed by atoms with Crippen molar-refractivity contribution in [2.24, 2.45) is 0 Å². The second-order valence-corrected chi connectivity index (χ2v) is 8.75. The van der Waals surface area contributed by atoms with Crippen LogP contribution in [0, 0.1) is 11.6 Å².